The zero-order chi connectivity index (χ0) is 25.0. The second-order valence-corrected chi connectivity index (χ2v) is 10.3. The number of aryl methyl sites for hydroxylation is 1. The first-order valence-electron chi connectivity index (χ1n) is 12.3. The van der Waals surface area contributed by atoms with E-state index in [1.165, 1.54) is 18.5 Å². The highest BCUT2D eigenvalue weighted by Crippen LogP contribution is 2.53. The molecule has 2 saturated carbocycles. The lowest BCUT2D eigenvalue weighted by atomic mass is 10.0. The van der Waals surface area contributed by atoms with Crippen molar-refractivity contribution in [2.24, 2.45) is 11.3 Å². The number of hydrogen-bond donors (Lipinski definition) is 3. The number of aromatic nitrogens is 3. The van der Waals surface area contributed by atoms with Gasteiger partial charge in [0.2, 0.25) is 5.91 Å². The van der Waals surface area contributed by atoms with Gasteiger partial charge in [-0.25, -0.2) is 14.4 Å². The first-order valence-corrected chi connectivity index (χ1v) is 12.3. The molecule has 1 saturated heterocycles. The fourth-order valence-corrected chi connectivity index (χ4v) is 5.26. The lowest BCUT2D eigenvalue weighted by molar-refractivity contribution is -0.133. The highest BCUT2D eigenvalue weighted by atomic mass is 19.1. The summed E-state index contributed by atoms with van der Waals surface area (Å²) < 4.78 is 20.3. The van der Waals surface area contributed by atoms with Gasteiger partial charge in [-0.3, -0.25) is 9.59 Å². The standard InChI is InChI=1S/C26H28FN5O4/c1-14-21(25(35)31-19-9-32(20(34)10-33)12-26(19)6-7-26)23-24(30-14)22(28-13-29-23)17-8-16(27)4-5-18(17)36-11-15-2-3-15/h4-5,8,13,15,19,30,33H,2-3,6-7,9-12H2,1H3,(H,31,35). The maximum atomic E-state index is 14.3. The Hall–Kier alpha value is -3.53. The SMILES string of the molecule is Cc1[nH]c2c(-c3cc(F)ccc3OCC3CC3)ncnc2c1C(=O)NC1CN(C(=O)CO)CC12CC2. The number of aliphatic hydroxyl groups is 1. The Morgan fingerprint density at radius 3 is 2.83 bits per heavy atom. The minimum atomic E-state index is -0.537. The Balaban J connectivity index is 1.32. The summed E-state index contributed by atoms with van der Waals surface area (Å²) in [6, 6.07) is 4.17. The molecular weight excluding hydrogens is 465 g/mol. The average molecular weight is 494 g/mol. The molecular formula is C26H28FN5O4. The van der Waals surface area contributed by atoms with Crippen molar-refractivity contribution in [2.75, 3.05) is 26.3 Å². The molecule has 3 aromatic rings. The van der Waals surface area contributed by atoms with E-state index in [1.807, 2.05) is 0 Å². The predicted octanol–water partition coefficient (Wildman–Crippen LogP) is 2.57. The van der Waals surface area contributed by atoms with Crippen LogP contribution in [0.4, 0.5) is 4.39 Å². The van der Waals surface area contributed by atoms with Gasteiger partial charge >= 0.3 is 0 Å². The monoisotopic (exact) mass is 493 g/mol. The number of likely N-dealkylation sites (tertiary alicyclic amines) is 1. The fraction of sp³-hybridized carbons (Fsp3) is 0.462. The molecule has 2 amide bonds. The molecule has 36 heavy (non-hydrogen) atoms. The van der Waals surface area contributed by atoms with Crippen molar-refractivity contribution in [3.05, 3.63) is 41.6 Å². The van der Waals surface area contributed by atoms with E-state index >= 15 is 0 Å². The van der Waals surface area contributed by atoms with Gasteiger partial charge in [-0.05, 0) is 56.7 Å². The second-order valence-electron chi connectivity index (χ2n) is 10.3. The number of nitrogens with zero attached hydrogens (tertiary/aromatic N) is 3. The molecule has 6 rings (SSSR count). The molecule has 0 radical (unpaired) electrons. The van der Waals surface area contributed by atoms with E-state index in [4.69, 9.17) is 4.74 Å². The maximum Gasteiger partial charge on any atom is 0.255 e. The topological polar surface area (TPSA) is 120 Å². The lowest BCUT2D eigenvalue weighted by Gasteiger charge is -2.18. The summed E-state index contributed by atoms with van der Waals surface area (Å²) in [6.07, 6.45) is 5.50. The van der Waals surface area contributed by atoms with Gasteiger partial charge in [-0.1, -0.05) is 0 Å². The third-order valence-corrected chi connectivity index (χ3v) is 7.70. The van der Waals surface area contributed by atoms with Crippen LogP contribution in [0.25, 0.3) is 22.3 Å². The Kier molecular flexibility index (Phi) is 5.44. The van der Waals surface area contributed by atoms with Gasteiger partial charge in [0.05, 0.1) is 23.7 Å². The van der Waals surface area contributed by atoms with Gasteiger partial charge in [0.25, 0.3) is 5.91 Å². The van der Waals surface area contributed by atoms with Crippen molar-refractivity contribution < 1.29 is 23.8 Å². The van der Waals surface area contributed by atoms with Crippen LogP contribution in [0.5, 0.6) is 5.75 Å². The molecule has 3 N–H and O–H groups in total. The van der Waals surface area contributed by atoms with Crippen LogP contribution in [0, 0.1) is 24.1 Å². The zero-order valence-corrected chi connectivity index (χ0v) is 20.0. The molecule has 3 aliphatic rings. The van der Waals surface area contributed by atoms with E-state index in [-0.39, 0.29) is 23.3 Å². The zero-order valence-electron chi connectivity index (χ0n) is 20.0. The number of benzene rings is 1. The summed E-state index contributed by atoms with van der Waals surface area (Å²) in [5, 5.41) is 12.4. The summed E-state index contributed by atoms with van der Waals surface area (Å²) >= 11 is 0. The van der Waals surface area contributed by atoms with E-state index in [1.54, 1.807) is 17.9 Å². The molecule has 1 aromatic carbocycles. The number of nitrogens with one attached hydrogen (secondary N) is 2. The van der Waals surface area contributed by atoms with E-state index in [2.05, 4.69) is 20.3 Å². The molecule has 2 aromatic heterocycles. The van der Waals surface area contributed by atoms with E-state index < -0.39 is 12.4 Å². The number of halogens is 1. The molecule has 3 heterocycles. The Labute approximate surface area is 207 Å². The normalized spacial score (nSPS) is 20.2. The van der Waals surface area contributed by atoms with E-state index in [9.17, 15) is 19.1 Å². The largest absolute Gasteiger partial charge is 0.493 e. The molecule has 0 bridgehead atoms. The average Bonchev–Trinajstić information content (AvgIpc) is 3.77. The first-order chi connectivity index (χ1) is 17.4. The van der Waals surface area contributed by atoms with Gasteiger partial charge in [0.15, 0.2) is 0 Å². The molecule has 1 atom stereocenters. The molecule has 2 aliphatic carbocycles. The molecule has 10 heteroatoms. The summed E-state index contributed by atoms with van der Waals surface area (Å²) in [4.78, 5) is 39.2. The number of aromatic amines is 1. The Morgan fingerprint density at radius 2 is 2.11 bits per heavy atom. The van der Waals surface area contributed by atoms with Crippen LogP contribution in [-0.4, -0.2) is 69.1 Å². The highest BCUT2D eigenvalue weighted by molar-refractivity contribution is 6.09. The minimum absolute atomic E-state index is 0.129. The van der Waals surface area contributed by atoms with Gasteiger partial charge in [0.1, 0.15) is 35.7 Å². The summed E-state index contributed by atoms with van der Waals surface area (Å²) in [5.74, 6) is 0.0488. The molecule has 3 fully saturated rings. The van der Waals surface area contributed by atoms with Crippen LogP contribution in [0.3, 0.4) is 0 Å². The third-order valence-electron chi connectivity index (χ3n) is 7.70. The number of hydrogen-bond acceptors (Lipinski definition) is 6. The molecule has 1 unspecified atom stereocenters. The molecule has 1 aliphatic heterocycles. The van der Waals surface area contributed by atoms with Crippen LogP contribution in [0.15, 0.2) is 24.5 Å². The summed E-state index contributed by atoms with van der Waals surface area (Å²) in [7, 11) is 0. The molecule has 1 spiro atoms. The second kappa shape index (κ2) is 8.55. The van der Waals surface area contributed by atoms with Gasteiger partial charge in [-0.2, -0.15) is 0 Å². The lowest BCUT2D eigenvalue weighted by Crippen LogP contribution is -2.42. The van der Waals surface area contributed by atoms with E-state index in [0.717, 1.165) is 25.7 Å². The number of rotatable bonds is 7. The molecule has 9 nitrogen and oxygen atoms in total. The smallest absolute Gasteiger partial charge is 0.255 e. The number of ether oxygens (including phenoxy) is 1. The predicted molar refractivity (Wildman–Crippen MR) is 129 cm³/mol. The van der Waals surface area contributed by atoms with Crippen LogP contribution >= 0.6 is 0 Å². The first kappa shape index (κ1) is 22.9. The summed E-state index contributed by atoms with van der Waals surface area (Å²) in [5.41, 5.74) is 2.83. The van der Waals surface area contributed by atoms with Crippen molar-refractivity contribution in [1.82, 2.24) is 25.2 Å². The van der Waals surface area contributed by atoms with Gasteiger partial charge in [0, 0.05) is 29.8 Å². The number of H-pyrrole nitrogens is 1. The fourth-order valence-electron chi connectivity index (χ4n) is 5.26. The number of amides is 2. The van der Waals surface area contributed by atoms with Gasteiger partial charge in [-0.15, -0.1) is 0 Å². The third kappa shape index (κ3) is 3.99. The van der Waals surface area contributed by atoms with Crippen molar-refractivity contribution in [3.8, 4) is 17.0 Å². The van der Waals surface area contributed by atoms with Crippen LogP contribution in [-0.2, 0) is 4.79 Å². The molecule has 188 valence electrons. The maximum absolute atomic E-state index is 14.3. The van der Waals surface area contributed by atoms with Crippen molar-refractivity contribution in [3.63, 3.8) is 0 Å². The van der Waals surface area contributed by atoms with Crippen LogP contribution in [0.2, 0.25) is 0 Å². The van der Waals surface area contributed by atoms with Crippen LogP contribution < -0.4 is 10.1 Å². The van der Waals surface area contributed by atoms with Crippen molar-refractivity contribution >= 4 is 22.8 Å². The number of aliphatic hydroxyl groups excluding tert-OH is 1. The summed E-state index contributed by atoms with van der Waals surface area (Å²) in [6.45, 7) is 2.74. The Bertz CT molecular complexity index is 1360. The highest BCUT2D eigenvalue weighted by Gasteiger charge is 2.56. The van der Waals surface area contributed by atoms with E-state index in [0.29, 0.717) is 64.9 Å². The van der Waals surface area contributed by atoms with Gasteiger partial charge < -0.3 is 25.0 Å². The van der Waals surface area contributed by atoms with Crippen molar-refractivity contribution in [1.29, 1.82) is 0 Å². The van der Waals surface area contributed by atoms with Crippen molar-refractivity contribution in [2.45, 2.75) is 38.6 Å². The van der Waals surface area contributed by atoms with Crippen LogP contribution in [0.1, 0.15) is 41.7 Å². The number of carbonyl (C=O) groups is 2. The number of carbonyl (C=O) groups excluding carboxylic acids is 2. The minimum Gasteiger partial charge on any atom is -0.493 e. The quantitative estimate of drug-likeness (QED) is 0.465. The number of fused-ring (bicyclic) bond motifs is 1. The Morgan fingerprint density at radius 1 is 1.31 bits per heavy atom.